The lowest BCUT2D eigenvalue weighted by molar-refractivity contribution is -0.122. The number of hydrogen-bond acceptors (Lipinski definition) is 4. The highest BCUT2D eigenvalue weighted by Gasteiger charge is 2.32. The van der Waals surface area contributed by atoms with E-state index in [0.717, 1.165) is 63.1 Å². The van der Waals surface area contributed by atoms with Gasteiger partial charge < -0.3 is 19.5 Å². The Labute approximate surface area is 188 Å². The van der Waals surface area contributed by atoms with Crippen LogP contribution >= 0.6 is 0 Å². The second-order valence-electron chi connectivity index (χ2n) is 9.18. The second kappa shape index (κ2) is 12.9. The summed E-state index contributed by atoms with van der Waals surface area (Å²) in [6.07, 6.45) is 12.0. The summed E-state index contributed by atoms with van der Waals surface area (Å²) in [4.78, 5) is 12.6. The van der Waals surface area contributed by atoms with Gasteiger partial charge in [0.1, 0.15) is 13.2 Å². The average molecular weight is 432 g/mol. The van der Waals surface area contributed by atoms with Gasteiger partial charge in [-0.2, -0.15) is 0 Å². The smallest absolute Gasteiger partial charge is 0.220 e. The quantitative estimate of drug-likeness (QED) is 0.399. The van der Waals surface area contributed by atoms with Crippen molar-refractivity contribution in [2.75, 3.05) is 19.8 Å². The molecule has 0 aromatic heterocycles. The second-order valence-corrected chi connectivity index (χ2v) is 9.18. The molecule has 31 heavy (non-hydrogen) atoms. The minimum absolute atomic E-state index is 0.155. The van der Waals surface area contributed by atoms with Gasteiger partial charge in [-0.3, -0.25) is 4.79 Å². The van der Waals surface area contributed by atoms with Gasteiger partial charge in [0, 0.05) is 19.1 Å². The Balaban J connectivity index is 1.52. The third kappa shape index (κ3) is 8.03. The van der Waals surface area contributed by atoms with Gasteiger partial charge in [-0.25, -0.2) is 0 Å². The highest BCUT2D eigenvalue weighted by molar-refractivity contribution is 5.76. The number of amides is 1. The Morgan fingerprint density at radius 1 is 1.06 bits per heavy atom. The van der Waals surface area contributed by atoms with Crippen LogP contribution in [0, 0.1) is 5.92 Å². The molecule has 1 heterocycles. The summed E-state index contributed by atoms with van der Waals surface area (Å²) in [6, 6.07) is 6.33. The lowest BCUT2D eigenvalue weighted by Crippen LogP contribution is -2.41. The lowest BCUT2D eigenvalue weighted by Gasteiger charge is -2.37. The first-order valence-electron chi connectivity index (χ1n) is 12.5. The first-order chi connectivity index (χ1) is 15.2. The molecule has 1 aliphatic carbocycles. The molecule has 0 radical (unpaired) electrons. The first-order valence-corrected chi connectivity index (χ1v) is 12.5. The molecule has 1 aromatic carbocycles. The van der Waals surface area contributed by atoms with E-state index in [-0.39, 0.29) is 11.9 Å². The lowest BCUT2D eigenvalue weighted by atomic mass is 9.77. The molecular weight excluding hydrogens is 390 g/mol. The standard InChI is InChI=1S/C26H41NO4/c1-3-5-6-7-8-9-26(28)27-22(16-21-17-23(18-21)29-12-4-2)15-20-10-11-24-25(19-20)31-14-13-30-24/h10-11,19,21-23H,3-9,12-18H2,1-2H3,(H,27,28)/t21?,22-,23?/m0/s1. The molecule has 174 valence electrons. The van der Waals surface area contributed by atoms with Crippen LogP contribution in [0.15, 0.2) is 18.2 Å². The number of hydrogen-bond donors (Lipinski definition) is 1. The van der Waals surface area contributed by atoms with Crippen LogP contribution in [0.4, 0.5) is 0 Å². The molecule has 0 saturated heterocycles. The highest BCUT2D eigenvalue weighted by Crippen LogP contribution is 2.35. The van der Waals surface area contributed by atoms with E-state index in [0.29, 0.717) is 31.7 Å². The largest absolute Gasteiger partial charge is 0.486 e. The van der Waals surface area contributed by atoms with Crippen LogP contribution in [0.3, 0.4) is 0 Å². The van der Waals surface area contributed by atoms with Crippen LogP contribution in [0.25, 0.3) is 0 Å². The topological polar surface area (TPSA) is 56.8 Å². The Morgan fingerprint density at radius 2 is 1.84 bits per heavy atom. The Hall–Kier alpha value is -1.75. The van der Waals surface area contributed by atoms with Gasteiger partial charge >= 0.3 is 0 Å². The van der Waals surface area contributed by atoms with Crippen LogP contribution in [0.2, 0.25) is 0 Å². The molecule has 1 aromatic rings. The van der Waals surface area contributed by atoms with Crippen molar-refractivity contribution >= 4 is 5.91 Å². The molecule has 5 nitrogen and oxygen atoms in total. The van der Waals surface area contributed by atoms with Crippen LogP contribution in [0.5, 0.6) is 11.5 Å². The molecule has 5 heteroatoms. The molecule has 1 saturated carbocycles. The van der Waals surface area contributed by atoms with Gasteiger partial charge in [-0.1, -0.05) is 45.6 Å². The summed E-state index contributed by atoms with van der Waals surface area (Å²) in [5.74, 6) is 2.46. The summed E-state index contributed by atoms with van der Waals surface area (Å²) in [5, 5.41) is 3.34. The maximum absolute atomic E-state index is 12.6. The predicted octanol–water partition coefficient (Wildman–Crippen LogP) is 5.44. The molecule has 1 atom stereocenters. The van der Waals surface area contributed by atoms with E-state index in [2.05, 4.69) is 31.3 Å². The molecule has 0 unspecified atom stereocenters. The minimum atomic E-state index is 0.155. The molecule has 0 spiro atoms. The molecule has 1 fully saturated rings. The Morgan fingerprint density at radius 3 is 2.61 bits per heavy atom. The fourth-order valence-electron chi connectivity index (χ4n) is 4.57. The molecule has 0 bridgehead atoms. The third-order valence-corrected chi connectivity index (χ3v) is 6.33. The molecule has 1 aliphatic heterocycles. The van der Waals surface area contributed by atoms with Gasteiger partial charge in [0.05, 0.1) is 6.10 Å². The zero-order chi connectivity index (χ0) is 21.9. The number of carbonyl (C=O) groups is 1. The number of benzene rings is 1. The fraction of sp³-hybridized carbons (Fsp3) is 0.731. The monoisotopic (exact) mass is 431 g/mol. The van der Waals surface area contributed by atoms with Crippen molar-refractivity contribution in [3.63, 3.8) is 0 Å². The van der Waals surface area contributed by atoms with Gasteiger partial charge in [-0.05, 0) is 62.1 Å². The third-order valence-electron chi connectivity index (χ3n) is 6.33. The summed E-state index contributed by atoms with van der Waals surface area (Å²) >= 11 is 0. The summed E-state index contributed by atoms with van der Waals surface area (Å²) in [5.41, 5.74) is 1.19. The average Bonchev–Trinajstić information content (AvgIpc) is 2.75. The Kier molecular flexibility index (Phi) is 9.98. The number of rotatable bonds is 14. The SMILES string of the molecule is CCCCCCCC(=O)N[C@@H](Cc1ccc2c(c1)OCCO2)CC1CC(OCCC)C1. The zero-order valence-corrected chi connectivity index (χ0v) is 19.5. The molecule has 1 amide bonds. The highest BCUT2D eigenvalue weighted by atomic mass is 16.6. The minimum Gasteiger partial charge on any atom is -0.486 e. The normalized spacial score (nSPS) is 20.7. The predicted molar refractivity (Wildman–Crippen MR) is 124 cm³/mol. The van der Waals surface area contributed by atoms with Crippen LogP contribution in [-0.4, -0.2) is 37.9 Å². The molecule has 2 aliphatic rings. The van der Waals surface area contributed by atoms with Crippen molar-refractivity contribution in [1.29, 1.82) is 0 Å². The first kappa shape index (κ1) is 23.9. The van der Waals surface area contributed by atoms with Crippen molar-refractivity contribution in [2.24, 2.45) is 5.92 Å². The Bertz CT molecular complexity index is 671. The maximum atomic E-state index is 12.6. The van der Waals surface area contributed by atoms with E-state index in [1.165, 1.54) is 24.8 Å². The molecule has 3 rings (SSSR count). The van der Waals surface area contributed by atoms with Gasteiger partial charge in [0.25, 0.3) is 0 Å². The van der Waals surface area contributed by atoms with Gasteiger partial charge in [0.2, 0.25) is 5.91 Å². The molecular formula is C26H41NO4. The number of nitrogens with one attached hydrogen (secondary N) is 1. The van der Waals surface area contributed by atoms with E-state index in [9.17, 15) is 4.79 Å². The van der Waals surface area contributed by atoms with Crippen LogP contribution in [-0.2, 0) is 16.0 Å². The van der Waals surface area contributed by atoms with Crippen molar-refractivity contribution in [1.82, 2.24) is 5.32 Å². The van der Waals surface area contributed by atoms with Crippen molar-refractivity contribution in [3.05, 3.63) is 23.8 Å². The van der Waals surface area contributed by atoms with Crippen LogP contribution in [0.1, 0.15) is 83.6 Å². The van der Waals surface area contributed by atoms with Crippen molar-refractivity contribution in [3.8, 4) is 11.5 Å². The van der Waals surface area contributed by atoms with E-state index >= 15 is 0 Å². The summed E-state index contributed by atoms with van der Waals surface area (Å²) in [6.45, 7) is 6.42. The van der Waals surface area contributed by atoms with Crippen LogP contribution < -0.4 is 14.8 Å². The number of ether oxygens (including phenoxy) is 3. The van der Waals surface area contributed by atoms with E-state index in [1.807, 2.05) is 6.07 Å². The van der Waals surface area contributed by atoms with Gasteiger partial charge in [-0.15, -0.1) is 0 Å². The van der Waals surface area contributed by atoms with E-state index in [4.69, 9.17) is 14.2 Å². The zero-order valence-electron chi connectivity index (χ0n) is 19.5. The summed E-state index contributed by atoms with van der Waals surface area (Å²) in [7, 11) is 0. The number of unbranched alkanes of at least 4 members (excludes halogenated alkanes) is 4. The van der Waals surface area contributed by atoms with Crippen molar-refractivity contribution < 1.29 is 19.0 Å². The van der Waals surface area contributed by atoms with E-state index < -0.39 is 0 Å². The van der Waals surface area contributed by atoms with Gasteiger partial charge in [0.15, 0.2) is 11.5 Å². The fourth-order valence-corrected chi connectivity index (χ4v) is 4.57. The van der Waals surface area contributed by atoms with E-state index in [1.54, 1.807) is 0 Å². The molecule has 1 N–H and O–H groups in total. The summed E-state index contributed by atoms with van der Waals surface area (Å²) < 4.78 is 17.3. The van der Waals surface area contributed by atoms with Crippen molar-refractivity contribution in [2.45, 2.75) is 96.6 Å². The number of fused-ring (bicyclic) bond motifs is 1. The maximum Gasteiger partial charge on any atom is 0.220 e. The number of carbonyl (C=O) groups excluding carboxylic acids is 1.